The number of methoxy groups -OCH3 is 2. The standard InChI is InChI=1S/C32H37N5O8S/c1-32(2,3)45-31(40)36-16-14-21(15-17-36)35-46(41,42)23-13-9-12-22(18-23)37-27(30(39)44-5)26(29(38)43-4)25(24(19-33)28(37)34)20-10-7-6-8-11-20/h6-13,18,21,25,35H,14-17,34H2,1-5H3. The first kappa shape index (κ1) is 34.0. The first-order valence-electron chi connectivity index (χ1n) is 14.5. The van der Waals surface area contributed by atoms with Gasteiger partial charge in [0.15, 0.2) is 0 Å². The van der Waals surface area contributed by atoms with E-state index in [1.165, 1.54) is 29.2 Å². The molecule has 0 aromatic heterocycles. The summed E-state index contributed by atoms with van der Waals surface area (Å²) in [6, 6.07) is 15.7. The highest BCUT2D eigenvalue weighted by Crippen LogP contribution is 2.43. The Labute approximate surface area is 268 Å². The van der Waals surface area contributed by atoms with Crippen LogP contribution in [0.5, 0.6) is 0 Å². The molecular formula is C32H37N5O8S. The first-order valence-corrected chi connectivity index (χ1v) is 16.0. The Bertz CT molecular complexity index is 1720. The summed E-state index contributed by atoms with van der Waals surface area (Å²) in [6.07, 6.45) is 0.273. The van der Waals surface area contributed by atoms with E-state index in [0.29, 0.717) is 31.5 Å². The van der Waals surface area contributed by atoms with Crippen molar-refractivity contribution in [2.24, 2.45) is 5.73 Å². The number of likely N-dealkylation sites (tertiary alicyclic amines) is 1. The van der Waals surface area contributed by atoms with Gasteiger partial charge < -0.3 is 24.8 Å². The highest BCUT2D eigenvalue weighted by atomic mass is 32.2. The van der Waals surface area contributed by atoms with Crippen molar-refractivity contribution in [2.75, 3.05) is 32.2 Å². The van der Waals surface area contributed by atoms with E-state index in [9.17, 15) is 28.1 Å². The van der Waals surface area contributed by atoms with Gasteiger partial charge in [0.2, 0.25) is 10.0 Å². The SMILES string of the molecule is COC(=O)C1=C(C(=O)OC)N(c2cccc(S(=O)(=O)NC3CCN(C(=O)OC(C)(C)C)CC3)c2)C(N)=C(C#N)C1c1ccccc1. The highest BCUT2D eigenvalue weighted by molar-refractivity contribution is 7.89. The molecule has 13 nitrogen and oxygen atoms in total. The first-order chi connectivity index (χ1) is 21.7. The number of piperidine rings is 1. The third-order valence-corrected chi connectivity index (χ3v) is 8.98. The van der Waals surface area contributed by atoms with Crippen molar-refractivity contribution >= 4 is 33.7 Å². The molecule has 1 unspecified atom stereocenters. The summed E-state index contributed by atoms with van der Waals surface area (Å²) in [5.41, 5.74) is 5.91. The molecule has 14 heteroatoms. The molecule has 2 aliphatic rings. The lowest BCUT2D eigenvalue weighted by Crippen LogP contribution is -2.47. The minimum absolute atomic E-state index is 0.0533. The van der Waals surface area contributed by atoms with E-state index in [1.54, 1.807) is 51.1 Å². The van der Waals surface area contributed by atoms with Gasteiger partial charge in [-0.2, -0.15) is 5.26 Å². The minimum Gasteiger partial charge on any atom is -0.466 e. The van der Waals surface area contributed by atoms with Crippen molar-refractivity contribution in [2.45, 2.75) is 56.1 Å². The molecule has 244 valence electrons. The van der Waals surface area contributed by atoms with Crippen molar-refractivity contribution < 1.29 is 37.0 Å². The Kier molecular flexibility index (Phi) is 10.1. The molecule has 2 heterocycles. The molecule has 0 bridgehead atoms. The zero-order valence-corrected chi connectivity index (χ0v) is 27.1. The number of amides is 1. The van der Waals surface area contributed by atoms with Gasteiger partial charge in [-0.3, -0.25) is 4.90 Å². The number of benzene rings is 2. The molecule has 1 atom stereocenters. The molecule has 0 radical (unpaired) electrons. The summed E-state index contributed by atoms with van der Waals surface area (Å²) < 4.78 is 45.3. The van der Waals surface area contributed by atoms with E-state index in [-0.39, 0.29) is 33.2 Å². The average Bonchev–Trinajstić information content (AvgIpc) is 3.03. The smallest absolute Gasteiger partial charge is 0.410 e. The topological polar surface area (TPSA) is 181 Å². The average molecular weight is 652 g/mol. The number of ether oxygens (including phenoxy) is 3. The Morgan fingerprint density at radius 1 is 0.978 bits per heavy atom. The highest BCUT2D eigenvalue weighted by Gasteiger charge is 2.43. The van der Waals surface area contributed by atoms with Gasteiger partial charge in [0.05, 0.1) is 42.2 Å². The summed E-state index contributed by atoms with van der Waals surface area (Å²) in [7, 11) is -1.85. The number of hydrogen-bond acceptors (Lipinski definition) is 11. The van der Waals surface area contributed by atoms with Crippen LogP contribution in [0.15, 0.2) is 82.2 Å². The zero-order valence-electron chi connectivity index (χ0n) is 26.3. The quantitative estimate of drug-likeness (QED) is 0.331. The van der Waals surface area contributed by atoms with Gasteiger partial charge in [-0.1, -0.05) is 36.4 Å². The summed E-state index contributed by atoms with van der Waals surface area (Å²) in [5.74, 6) is -3.11. The lowest BCUT2D eigenvalue weighted by molar-refractivity contribution is -0.139. The number of anilines is 1. The van der Waals surface area contributed by atoms with Crippen molar-refractivity contribution in [1.29, 1.82) is 5.26 Å². The van der Waals surface area contributed by atoms with Crippen molar-refractivity contribution in [1.82, 2.24) is 9.62 Å². The number of nitrogens with zero attached hydrogens (tertiary/aromatic N) is 3. The van der Waals surface area contributed by atoms with Crippen molar-refractivity contribution in [3.8, 4) is 6.07 Å². The third-order valence-electron chi connectivity index (χ3n) is 7.46. The van der Waals surface area contributed by atoms with E-state index >= 15 is 0 Å². The normalized spacial score (nSPS) is 17.8. The van der Waals surface area contributed by atoms with Crippen LogP contribution in [0.25, 0.3) is 0 Å². The van der Waals surface area contributed by atoms with Gasteiger partial charge in [0.25, 0.3) is 0 Å². The van der Waals surface area contributed by atoms with Crippen LogP contribution in [0, 0.1) is 11.3 Å². The molecule has 46 heavy (non-hydrogen) atoms. The Morgan fingerprint density at radius 2 is 1.61 bits per heavy atom. The molecule has 1 fully saturated rings. The van der Waals surface area contributed by atoms with E-state index in [2.05, 4.69) is 10.8 Å². The Balaban J connectivity index is 1.71. The van der Waals surface area contributed by atoms with Gasteiger partial charge in [-0.15, -0.1) is 0 Å². The predicted molar refractivity (Wildman–Crippen MR) is 167 cm³/mol. The van der Waals surface area contributed by atoms with Crippen LogP contribution < -0.4 is 15.4 Å². The lowest BCUT2D eigenvalue weighted by atomic mass is 9.81. The number of nitrogens with one attached hydrogen (secondary N) is 1. The number of esters is 2. The largest absolute Gasteiger partial charge is 0.466 e. The third kappa shape index (κ3) is 7.16. The number of hydrogen-bond donors (Lipinski definition) is 2. The molecule has 3 N–H and O–H groups in total. The van der Waals surface area contributed by atoms with Crippen LogP contribution in [0.3, 0.4) is 0 Å². The lowest BCUT2D eigenvalue weighted by Gasteiger charge is -2.36. The van der Waals surface area contributed by atoms with Crippen molar-refractivity contribution in [3.63, 3.8) is 0 Å². The van der Waals surface area contributed by atoms with Crippen molar-refractivity contribution in [3.05, 3.63) is 82.8 Å². The van der Waals surface area contributed by atoms with Gasteiger partial charge in [-0.05, 0) is 57.4 Å². The van der Waals surface area contributed by atoms with Crippen LogP contribution in [0.1, 0.15) is 45.1 Å². The molecule has 2 aromatic rings. The second-order valence-corrected chi connectivity index (χ2v) is 13.4. The molecule has 2 aromatic carbocycles. The molecule has 1 amide bonds. The molecule has 1 saturated heterocycles. The molecule has 4 rings (SSSR count). The van der Waals surface area contributed by atoms with E-state index < -0.39 is 45.6 Å². The van der Waals surface area contributed by atoms with Crippen LogP contribution >= 0.6 is 0 Å². The monoisotopic (exact) mass is 651 g/mol. The molecule has 2 aliphatic heterocycles. The number of rotatable bonds is 7. The fraction of sp³-hybridized carbons (Fsp3) is 0.375. The maximum Gasteiger partial charge on any atom is 0.410 e. The second kappa shape index (κ2) is 13.6. The second-order valence-electron chi connectivity index (χ2n) is 11.7. The van der Waals surface area contributed by atoms with Gasteiger partial charge in [0.1, 0.15) is 17.1 Å². The van der Waals surface area contributed by atoms with Crippen LogP contribution in [-0.2, 0) is 33.8 Å². The molecule has 0 saturated carbocycles. The van der Waals surface area contributed by atoms with Crippen LogP contribution in [0.4, 0.5) is 10.5 Å². The maximum atomic E-state index is 13.6. The fourth-order valence-electron chi connectivity index (χ4n) is 5.37. The minimum atomic E-state index is -4.11. The molecular weight excluding hydrogens is 614 g/mol. The van der Waals surface area contributed by atoms with E-state index in [0.717, 1.165) is 19.1 Å². The van der Waals surface area contributed by atoms with Crippen LogP contribution in [-0.4, -0.2) is 70.3 Å². The number of nitrogens with two attached hydrogens (primary N) is 1. The number of carbonyl (C=O) groups excluding carboxylic acids is 3. The van der Waals surface area contributed by atoms with E-state index in [1.807, 2.05) is 0 Å². The predicted octanol–water partition coefficient (Wildman–Crippen LogP) is 3.26. The van der Waals surface area contributed by atoms with Gasteiger partial charge >= 0.3 is 18.0 Å². The van der Waals surface area contributed by atoms with Gasteiger partial charge in [0, 0.05) is 24.8 Å². The number of allylic oxidation sites excluding steroid dienone is 1. The summed E-state index contributed by atoms with van der Waals surface area (Å²) in [5, 5.41) is 10.2. The van der Waals surface area contributed by atoms with Crippen LogP contribution in [0.2, 0.25) is 0 Å². The number of nitriles is 1. The summed E-state index contributed by atoms with van der Waals surface area (Å²) >= 11 is 0. The maximum absolute atomic E-state index is 13.6. The number of sulfonamides is 1. The molecule has 0 spiro atoms. The Morgan fingerprint density at radius 3 is 2.17 bits per heavy atom. The number of carbonyl (C=O) groups is 3. The summed E-state index contributed by atoms with van der Waals surface area (Å²) in [4.78, 5) is 41.6. The summed E-state index contributed by atoms with van der Waals surface area (Å²) in [6.45, 7) is 5.93. The molecule has 0 aliphatic carbocycles. The fourth-order valence-corrected chi connectivity index (χ4v) is 6.71. The van der Waals surface area contributed by atoms with E-state index in [4.69, 9.17) is 19.9 Å². The van der Waals surface area contributed by atoms with Gasteiger partial charge in [-0.25, -0.2) is 27.5 Å². The zero-order chi connectivity index (χ0) is 33.8. The Hall–Kier alpha value is -4.87.